The fourth-order valence-electron chi connectivity index (χ4n) is 3.06. The third-order valence-electron chi connectivity index (χ3n) is 4.52. The summed E-state index contributed by atoms with van der Waals surface area (Å²) in [5.74, 6) is 1.65. The molecule has 2 aliphatic rings. The van der Waals surface area contributed by atoms with Crippen molar-refractivity contribution in [2.45, 2.75) is 44.2 Å². The monoisotopic (exact) mass is 288 g/mol. The van der Waals surface area contributed by atoms with Crippen LogP contribution in [0.1, 0.15) is 32.1 Å². The summed E-state index contributed by atoms with van der Waals surface area (Å²) in [6.45, 7) is 1.42. The zero-order chi connectivity index (χ0) is 14.7. The Bertz CT molecular complexity index is 473. The molecule has 3 rings (SSSR count). The highest BCUT2D eigenvalue weighted by atomic mass is 16.5. The number of rotatable bonds is 6. The molecule has 4 nitrogen and oxygen atoms in total. The summed E-state index contributed by atoms with van der Waals surface area (Å²) in [7, 11) is 0. The fourth-order valence-corrected chi connectivity index (χ4v) is 3.06. The standard InChI is InChI=1S/C17H24N2O2/c18-16(13-8-9-13)11-17(20)19-10-4-5-14(19)12-21-15-6-2-1-3-7-15/h1-3,6-7,13-14,16H,4-5,8-12,18H2/t14-,16-/m0/s1. The molecule has 1 aromatic rings. The van der Waals surface area contributed by atoms with Crippen molar-refractivity contribution in [3.63, 3.8) is 0 Å². The van der Waals surface area contributed by atoms with Crippen molar-refractivity contribution in [2.24, 2.45) is 11.7 Å². The van der Waals surface area contributed by atoms with Gasteiger partial charge >= 0.3 is 0 Å². The van der Waals surface area contributed by atoms with E-state index in [0.717, 1.165) is 25.1 Å². The molecule has 1 aliphatic carbocycles. The van der Waals surface area contributed by atoms with Gasteiger partial charge in [0.15, 0.2) is 0 Å². The number of nitrogens with zero attached hydrogens (tertiary/aromatic N) is 1. The zero-order valence-electron chi connectivity index (χ0n) is 12.4. The first-order valence-corrected chi connectivity index (χ1v) is 7.97. The molecule has 2 fully saturated rings. The van der Waals surface area contributed by atoms with Gasteiger partial charge in [0.05, 0.1) is 6.04 Å². The van der Waals surface area contributed by atoms with Gasteiger partial charge in [-0.25, -0.2) is 0 Å². The second-order valence-corrected chi connectivity index (χ2v) is 6.21. The number of para-hydroxylation sites is 1. The van der Waals surface area contributed by atoms with Crippen LogP contribution in [0.2, 0.25) is 0 Å². The quantitative estimate of drug-likeness (QED) is 0.873. The Morgan fingerprint density at radius 2 is 2.05 bits per heavy atom. The molecule has 1 aliphatic heterocycles. The molecular weight excluding hydrogens is 264 g/mol. The van der Waals surface area contributed by atoms with Crippen LogP contribution in [0.4, 0.5) is 0 Å². The van der Waals surface area contributed by atoms with Gasteiger partial charge in [0, 0.05) is 19.0 Å². The minimum Gasteiger partial charge on any atom is -0.491 e. The Kier molecular flexibility index (Phi) is 4.44. The molecule has 1 aromatic carbocycles. The van der Waals surface area contributed by atoms with Crippen LogP contribution in [0, 0.1) is 5.92 Å². The van der Waals surface area contributed by atoms with Gasteiger partial charge in [-0.1, -0.05) is 18.2 Å². The SMILES string of the molecule is N[C@@H](CC(=O)N1CCC[C@H]1COc1ccccc1)C1CC1. The molecule has 1 heterocycles. The summed E-state index contributed by atoms with van der Waals surface area (Å²) in [5.41, 5.74) is 6.08. The van der Waals surface area contributed by atoms with Gasteiger partial charge in [-0.3, -0.25) is 4.79 Å². The van der Waals surface area contributed by atoms with Crippen LogP contribution >= 0.6 is 0 Å². The molecule has 0 aromatic heterocycles. The molecule has 2 atom stereocenters. The lowest BCUT2D eigenvalue weighted by Crippen LogP contribution is -2.42. The summed E-state index contributed by atoms with van der Waals surface area (Å²) in [6, 6.07) is 10.0. The molecule has 0 spiro atoms. The Morgan fingerprint density at radius 3 is 2.76 bits per heavy atom. The number of ether oxygens (including phenoxy) is 1. The van der Waals surface area contributed by atoms with Crippen LogP contribution < -0.4 is 10.5 Å². The molecule has 114 valence electrons. The summed E-state index contributed by atoms with van der Waals surface area (Å²) < 4.78 is 5.81. The molecule has 0 bridgehead atoms. The number of carbonyl (C=O) groups is 1. The average Bonchev–Trinajstić information content (AvgIpc) is 3.25. The first-order chi connectivity index (χ1) is 10.2. The lowest BCUT2D eigenvalue weighted by atomic mass is 10.1. The van der Waals surface area contributed by atoms with Gasteiger partial charge in [-0.05, 0) is 43.7 Å². The molecule has 0 unspecified atom stereocenters. The van der Waals surface area contributed by atoms with Gasteiger partial charge in [0.25, 0.3) is 0 Å². The van der Waals surface area contributed by atoms with E-state index in [-0.39, 0.29) is 18.0 Å². The van der Waals surface area contributed by atoms with Crippen molar-refractivity contribution < 1.29 is 9.53 Å². The Labute approximate surface area is 126 Å². The van der Waals surface area contributed by atoms with Crippen molar-refractivity contribution in [1.82, 2.24) is 4.90 Å². The maximum Gasteiger partial charge on any atom is 0.224 e. The van der Waals surface area contributed by atoms with Crippen LogP contribution in [0.3, 0.4) is 0 Å². The van der Waals surface area contributed by atoms with Gasteiger partial charge in [-0.2, -0.15) is 0 Å². The van der Waals surface area contributed by atoms with E-state index in [1.165, 1.54) is 12.8 Å². The summed E-state index contributed by atoms with van der Waals surface area (Å²) in [6.07, 6.45) is 4.96. The van der Waals surface area contributed by atoms with Gasteiger partial charge in [-0.15, -0.1) is 0 Å². The number of nitrogens with two attached hydrogens (primary N) is 1. The number of likely N-dealkylation sites (tertiary alicyclic amines) is 1. The highest BCUT2D eigenvalue weighted by Crippen LogP contribution is 2.33. The Morgan fingerprint density at radius 1 is 1.29 bits per heavy atom. The van der Waals surface area contributed by atoms with Crippen LogP contribution in [0.15, 0.2) is 30.3 Å². The third-order valence-corrected chi connectivity index (χ3v) is 4.52. The molecule has 2 N–H and O–H groups in total. The minimum atomic E-state index is 0.0498. The maximum atomic E-state index is 12.4. The molecule has 1 amide bonds. The summed E-state index contributed by atoms with van der Waals surface area (Å²) >= 11 is 0. The van der Waals surface area contributed by atoms with Crippen molar-refractivity contribution in [3.8, 4) is 5.75 Å². The van der Waals surface area contributed by atoms with E-state index in [4.69, 9.17) is 10.5 Å². The van der Waals surface area contributed by atoms with E-state index in [1.54, 1.807) is 0 Å². The lowest BCUT2D eigenvalue weighted by Gasteiger charge is -2.26. The lowest BCUT2D eigenvalue weighted by molar-refractivity contribution is -0.133. The molecule has 1 saturated heterocycles. The largest absolute Gasteiger partial charge is 0.491 e. The topological polar surface area (TPSA) is 55.6 Å². The van der Waals surface area contributed by atoms with Crippen molar-refractivity contribution in [2.75, 3.05) is 13.2 Å². The summed E-state index contributed by atoms with van der Waals surface area (Å²) in [4.78, 5) is 14.4. The number of amides is 1. The van der Waals surface area contributed by atoms with E-state index in [1.807, 2.05) is 35.2 Å². The molecule has 4 heteroatoms. The molecule has 1 saturated carbocycles. The predicted octanol–water partition coefficient (Wildman–Crippen LogP) is 2.18. The van der Waals surface area contributed by atoms with Crippen molar-refractivity contribution in [1.29, 1.82) is 0 Å². The van der Waals surface area contributed by atoms with Crippen LogP contribution in [-0.4, -0.2) is 36.0 Å². The normalized spacial score (nSPS) is 23.1. The fraction of sp³-hybridized carbons (Fsp3) is 0.588. The van der Waals surface area contributed by atoms with Gasteiger partial charge < -0.3 is 15.4 Å². The van der Waals surface area contributed by atoms with Crippen LogP contribution in [-0.2, 0) is 4.79 Å². The van der Waals surface area contributed by atoms with Crippen LogP contribution in [0.25, 0.3) is 0 Å². The Balaban J connectivity index is 1.51. The highest BCUT2D eigenvalue weighted by molar-refractivity contribution is 5.77. The second-order valence-electron chi connectivity index (χ2n) is 6.21. The average molecular weight is 288 g/mol. The van der Waals surface area contributed by atoms with E-state index >= 15 is 0 Å². The highest BCUT2D eigenvalue weighted by Gasteiger charge is 2.34. The zero-order valence-corrected chi connectivity index (χ0v) is 12.4. The molecule has 21 heavy (non-hydrogen) atoms. The smallest absolute Gasteiger partial charge is 0.224 e. The molecular formula is C17H24N2O2. The van der Waals surface area contributed by atoms with E-state index in [2.05, 4.69) is 0 Å². The van der Waals surface area contributed by atoms with Crippen molar-refractivity contribution in [3.05, 3.63) is 30.3 Å². The van der Waals surface area contributed by atoms with E-state index in [0.29, 0.717) is 18.9 Å². The van der Waals surface area contributed by atoms with Gasteiger partial charge in [0.2, 0.25) is 5.91 Å². The number of hydrogen-bond acceptors (Lipinski definition) is 3. The summed E-state index contributed by atoms with van der Waals surface area (Å²) in [5, 5.41) is 0. The van der Waals surface area contributed by atoms with E-state index in [9.17, 15) is 4.79 Å². The molecule has 0 radical (unpaired) electrons. The van der Waals surface area contributed by atoms with Crippen LogP contribution in [0.5, 0.6) is 5.75 Å². The Hall–Kier alpha value is -1.55. The predicted molar refractivity (Wildman–Crippen MR) is 82.0 cm³/mol. The first kappa shape index (κ1) is 14.4. The maximum absolute atomic E-state index is 12.4. The second kappa shape index (κ2) is 6.48. The minimum absolute atomic E-state index is 0.0498. The van der Waals surface area contributed by atoms with E-state index < -0.39 is 0 Å². The number of hydrogen-bond donors (Lipinski definition) is 1. The van der Waals surface area contributed by atoms with Gasteiger partial charge in [0.1, 0.15) is 12.4 Å². The third kappa shape index (κ3) is 3.76. The van der Waals surface area contributed by atoms with Crippen molar-refractivity contribution >= 4 is 5.91 Å². The first-order valence-electron chi connectivity index (χ1n) is 7.97. The number of carbonyl (C=O) groups excluding carboxylic acids is 1. The number of benzene rings is 1.